The Morgan fingerprint density at radius 1 is 0.491 bits per heavy atom. The molecule has 12 rings (SSSR count). The molecule has 0 aliphatic heterocycles. The van der Waals surface area contributed by atoms with E-state index >= 15 is 0 Å². The maximum Gasteiger partial charge on any atom is 0.160 e. The lowest BCUT2D eigenvalue weighted by Gasteiger charge is -2.14. The molecule has 8 aromatic carbocycles. The zero-order chi connectivity index (χ0) is 37.6. The van der Waals surface area contributed by atoms with Crippen molar-refractivity contribution in [2.45, 2.75) is 0 Å². The van der Waals surface area contributed by atoms with Crippen LogP contribution in [-0.4, -0.2) is 19.1 Å². The average molecular weight is 744 g/mol. The first-order chi connectivity index (χ1) is 28.3. The van der Waals surface area contributed by atoms with Gasteiger partial charge in [-0.2, -0.15) is 5.26 Å². The summed E-state index contributed by atoms with van der Waals surface area (Å²) in [4.78, 5) is 10.2. The summed E-state index contributed by atoms with van der Waals surface area (Å²) in [7, 11) is 0. The van der Waals surface area contributed by atoms with Crippen LogP contribution in [0.5, 0.6) is 0 Å². The van der Waals surface area contributed by atoms with Crippen LogP contribution in [-0.2, 0) is 0 Å². The molecule has 0 bridgehead atoms. The van der Waals surface area contributed by atoms with Crippen molar-refractivity contribution >= 4 is 86.0 Å². The van der Waals surface area contributed by atoms with Gasteiger partial charge >= 0.3 is 0 Å². The summed E-state index contributed by atoms with van der Waals surface area (Å²) in [6, 6.07) is 63.8. The standard InChI is InChI=1S/C51H29N5S/c52-30-33-29-32(51-53-39-23-11-7-19-35(39)47(54-51)31-15-3-1-4-16-31)27-28-40(33)56-42-25-13-9-21-37(42)45-49(56)44-36-20-8-12-24-41(36)55(34-17-5-2-6-18-34)48(44)46-38-22-10-14-26-43(38)57-50(45)46/h1-29H. The molecule has 0 aliphatic rings. The number of nitriles is 1. The van der Waals surface area contributed by atoms with E-state index in [1.54, 1.807) is 0 Å². The van der Waals surface area contributed by atoms with Crippen LogP contribution >= 0.6 is 11.3 Å². The van der Waals surface area contributed by atoms with E-state index in [9.17, 15) is 5.26 Å². The molecule has 0 aliphatic carbocycles. The molecule has 0 N–H and O–H groups in total. The molecule has 0 saturated carbocycles. The number of aromatic nitrogens is 4. The van der Waals surface area contributed by atoms with Crippen LogP contribution < -0.4 is 0 Å². The second-order valence-corrected chi connectivity index (χ2v) is 15.5. The first kappa shape index (κ1) is 31.7. The Morgan fingerprint density at radius 3 is 1.86 bits per heavy atom. The quantitative estimate of drug-likeness (QED) is 0.180. The number of hydrogen-bond acceptors (Lipinski definition) is 4. The zero-order valence-corrected chi connectivity index (χ0v) is 31.2. The van der Waals surface area contributed by atoms with E-state index < -0.39 is 0 Å². The minimum atomic E-state index is 0.546. The van der Waals surface area contributed by atoms with Gasteiger partial charge in [0, 0.05) is 63.9 Å². The molecule has 4 heterocycles. The molecule has 12 aromatic rings. The molecule has 0 unspecified atom stereocenters. The van der Waals surface area contributed by atoms with Gasteiger partial charge in [-0.3, -0.25) is 0 Å². The van der Waals surface area contributed by atoms with Gasteiger partial charge in [-0.25, -0.2) is 9.97 Å². The van der Waals surface area contributed by atoms with Crippen LogP contribution in [0.4, 0.5) is 0 Å². The van der Waals surface area contributed by atoms with Crippen LogP contribution in [0.3, 0.4) is 0 Å². The largest absolute Gasteiger partial charge is 0.308 e. The van der Waals surface area contributed by atoms with Gasteiger partial charge in [0.15, 0.2) is 5.82 Å². The van der Waals surface area contributed by atoms with Crippen LogP contribution in [0, 0.1) is 11.3 Å². The summed E-state index contributed by atoms with van der Waals surface area (Å²) in [5.41, 5.74) is 10.4. The Morgan fingerprint density at radius 2 is 1.09 bits per heavy atom. The van der Waals surface area contributed by atoms with Gasteiger partial charge in [-0.15, -0.1) is 11.3 Å². The lowest BCUT2D eigenvalue weighted by molar-refractivity contribution is 1.16. The number of nitrogens with zero attached hydrogens (tertiary/aromatic N) is 5. The SMILES string of the molecule is N#Cc1cc(-c2nc(-c3ccccc3)c3ccccc3n2)ccc1-n1c2ccccc2c2c3sc4ccccc4c3c3c(c4ccccc4n3-c3ccccc3)c21. The van der Waals surface area contributed by atoms with Gasteiger partial charge in [0.05, 0.1) is 44.5 Å². The highest BCUT2D eigenvalue weighted by molar-refractivity contribution is 7.27. The molecule has 264 valence electrons. The van der Waals surface area contributed by atoms with Crippen LogP contribution in [0.25, 0.3) is 109 Å². The Bertz CT molecular complexity index is 3640. The van der Waals surface area contributed by atoms with E-state index in [4.69, 9.17) is 9.97 Å². The number of benzene rings is 8. The van der Waals surface area contributed by atoms with Gasteiger partial charge in [0.2, 0.25) is 0 Å². The number of thiophene rings is 1. The predicted octanol–water partition coefficient (Wildman–Crippen LogP) is 13.4. The van der Waals surface area contributed by atoms with Gasteiger partial charge in [0.1, 0.15) is 6.07 Å². The summed E-state index contributed by atoms with van der Waals surface area (Å²) < 4.78 is 7.25. The highest BCUT2D eigenvalue weighted by atomic mass is 32.1. The van der Waals surface area contributed by atoms with Crippen molar-refractivity contribution in [3.8, 4) is 40.1 Å². The second kappa shape index (κ2) is 12.2. The maximum absolute atomic E-state index is 11.0. The third kappa shape index (κ3) is 4.55. The monoisotopic (exact) mass is 743 g/mol. The summed E-state index contributed by atoms with van der Waals surface area (Å²) in [5, 5.41) is 19.2. The molecule has 0 radical (unpaired) electrons. The minimum absolute atomic E-state index is 0.546. The maximum atomic E-state index is 11.0. The van der Waals surface area contributed by atoms with Gasteiger partial charge in [-0.05, 0) is 54.6 Å². The molecular weight excluding hydrogens is 715 g/mol. The van der Waals surface area contributed by atoms with Crippen molar-refractivity contribution in [1.82, 2.24) is 19.1 Å². The Balaban J connectivity index is 1.22. The molecule has 0 amide bonds. The van der Waals surface area contributed by atoms with E-state index in [0.29, 0.717) is 11.4 Å². The van der Waals surface area contributed by atoms with Crippen molar-refractivity contribution in [1.29, 1.82) is 5.26 Å². The topological polar surface area (TPSA) is 59.4 Å². The fraction of sp³-hybridized carbons (Fsp3) is 0. The summed E-state index contributed by atoms with van der Waals surface area (Å²) >= 11 is 1.84. The Kier molecular flexibility index (Phi) is 6.80. The number of para-hydroxylation sites is 4. The van der Waals surface area contributed by atoms with Crippen LogP contribution in [0.15, 0.2) is 176 Å². The normalized spacial score (nSPS) is 11.8. The zero-order valence-electron chi connectivity index (χ0n) is 30.4. The molecule has 0 fully saturated rings. The highest BCUT2D eigenvalue weighted by Crippen LogP contribution is 2.51. The molecule has 4 aromatic heterocycles. The molecular formula is C51H29N5S. The first-order valence-electron chi connectivity index (χ1n) is 19.0. The average Bonchev–Trinajstić information content (AvgIpc) is 3.94. The van der Waals surface area contributed by atoms with E-state index in [-0.39, 0.29) is 0 Å². The molecule has 57 heavy (non-hydrogen) atoms. The summed E-state index contributed by atoms with van der Waals surface area (Å²) in [6.45, 7) is 0. The predicted molar refractivity (Wildman–Crippen MR) is 237 cm³/mol. The lowest BCUT2D eigenvalue weighted by atomic mass is 10.0. The molecule has 5 nitrogen and oxygen atoms in total. The third-order valence-corrected chi connectivity index (χ3v) is 12.5. The second-order valence-electron chi connectivity index (χ2n) is 14.4. The molecule has 0 spiro atoms. The van der Waals surface area contributed by atoms with E-state index in [0.717, 1.165) is 71.8 Å². The van der Waals surface area contributed by atoms with Gasteiger partial charge in [0.25, 0.3) is 0 Å². The third-order valence-electron chi connectivity index (χ3n) is 11.3. The first-order valence-corrected chi connectivity index (χ1v) is 19.8. The Hall–Kier alpha value is -7.59. The number of rotatable bonds is 4. The summed E-state index contributed by atoms with van der Waals surface area (Å²) in [5.74, 6) is 0.582. The fourth-order valence-electron chi connectivity index (χ4n) is 8.96. The van der Waals surface area contributed by atoms with Crippen molar-refractivity contribution in [3.63, 3.8) is 0 Å². The van der Waals surface area contributed by atoms with Crippen molar-refractivity contribution in [2.24, 2.45) is 0 Å². The van der Waals surface area contributed by atoms with E-state index in [1.165, 1.54) is 31.1 Å². The number of hydrogen-bond donors (Lipinski definition) is 0. The van der Waals surface area contributed by atoms with Gasteiger partial charge in [-0.1, -0.05) is 121 Å². The van der Waals surface area contributed by atoms with Crippen molar-refractivity contribution in [2.75, 3.05) is 0 Å². The molecule has 0 atom stereocenters. The Labute approximate surface area is 330 Å². The smallest absolute Gasteiger partial charge is 0.160 e. The fourth-order valence-corrected chi connectivity index (χ4v) is 10.2. The van der Waals surface area contributed by atoms with Crippen molar-refractivity contribution in [3.05, 3.63) is 181 Å². The van der Waals surface area contributed by atoms with E-state index in [1.807, 2.05) is 53.8 Å². The van der Waals surface area contributed by atoms with E-state index in [2.05, 4.69) is 149 Å². The molecule has 0 saturated heterocycles. The lowest BCUT2D eigenvalue weighted by Crippen LogP contribution is -2.00. The highest BCUT2D eigenvalue weighted by Gasteiger charge is 2.27. The molecule has 6 heteroatoms. The number of fused-ring (bicyclic) bond motifs is 13. The van der Waals surface area contributed by atoms with Crippen molar-refractivity contribution < 1.29 is 0 Å². The minimum Gasteiger partial charge on any atom is -0.308 e. The van der Waals surface area contributed by atoms with Crippen LogP contribution in [0.1, 0.15) is 5.56 Å². The van der Waals surface area contributed by atoms with Gasteiger partial charge < -0.3 is 9.13 Å². The summed E-state index contributed by atoms with van der Waals surface area (Å²) in [6.07, 6.45) is 0. The van der Waals surface area contributed by atoms with Crippen LogP contribution in [0.2, 0.25) is 0 Å².